The van der Waals surface area contributed by atoms with E-state index in [1.165, 1.54) is 12.8 Å². The molecule has 0 heterocycles. The van der Waals surface area contributed by atoms with E-state index in [-0.39, 0.29) is 5.38 Å². The van der Waals surface area contributed by atoms with Crippen molar-refractivity contribution in [3.63, 3.8) is 0 Å². The molecule has 3 heteroatoms. The Bertz CT molecular complexity index is 297. The first-order valence-corrected chi connectivity index (χ1v) is 6.53. The molecule has 1 rings (SSSR count). The van der Waals surface area contributed by atoms with Crippen molar-refractivity contribution in [2.45, 2.75) is 25.1 Å². The summed E-state index contributed by atoms with van der Waals surface area (Å²) in [5, 5.41) is 0.797. The molecule has 0 spiro atoms. The summed E-state index contributed by atoms with van der Waals surface area (Å²) in [7, 11) is 2.11. The van der Waals surface area contributed by atoms with Crippen molar-refractivity contribution in [1.29, 1.82) is 0 Å². The summed E-state index contributed by atoms with van der Waals surface area (Å²) in [6.45, 7) is 4.18. The number of halogens is 2. The second-order valence-electron chi connectivity index (χ2n) is 4.13. The van der Waals surface area contributed by atoms with Crippen LogP contribution in [-0.2, 0) is 0 Å². The summed E-state index contributed by atoms with van der Waals surface area (Å²) in [4.78, 5) is 2.27. The van der Waals surface area contributed by atoms with Crippen LogP contribution in [0.5, 0.6) is 0 Å². The van der Waals surface area contributed by atoms with Gasteiger partial charge in [-0.15, -0.1) is 11.6 Å². The van der Waals surface area contributed by atoms with Crippen molar-refractivity contribution in [3.05, 3.63) is 34.9 Å². The smallest absolute Gasteiger partial charge is 0.0712 e. The molecule has 1 unspecified atom stereocenters. The van der Waals surface area contributed by atoms with Crippen molar-refractivity contribution in [1.82, 2.24) is 4.90 Å². The van der Waals surface area contributed by atoms with Gasteiger partial charge in [0.05, 0.1) is 5.38 Å². The lowest BCUT2D eigenvalue weighted by atomic mass is 10.1. The van der Waals surface area contributed by atoms with Crippen LogP contribution in [0.25, 0.3) is 0 Å². The fraction of sp³-hybridized carbons (Fsp3) is 0.538. The van der Waals surface area contributed by atoms with Gasteiger partial charge in [-0.2, -0.15) is 0 Å². The van der Waals surface area contributed by atoms with Crippen LogP contribution >= 0.6 is 23.2 Å². The van der Waals surface area contributed by atoms with Crippen LogP contribution in [0, 0.1) is 0 Å². The number of rotatable bonds is 6. The van der Waals surface area contributed by atoms with Crippen LogP contribution in [0.3, 0.4) is 0 Å². The number of likely N-dealkylation sites (N-methyl/N-ethyl adjacent to an activating group) is 1. The number of nitrogens with zero attached hydrogens (tertiary/aromatic N) is 1. The zero-order chi connectivity index (χ0) is 12.0. The molecular weight excluding hydrogens is 241 g/mol. The first-order chi connectivity index (χ1) is 7.63. The molecule has 0 N–H and O–H groups in total. The van der Waals surface area contributed by atoms with Crippen molar-refractivity contribution in [2.75, 3.05) is 20.1 Å². The molecule has 0 aliphatic heterocycles. The molecule has 16 heavy (non-hydrogen) atoms. The van der Waals surface area contributed by atoms with Gasteiger partial charge in [-0.05, 0) is 37.7 Å². The Morgan fingerprint density at radius 1 is 1.25 bits per heavy atom. The average Bonchev–Trinajstić information content (AvgIpc) is 2.27. The summed E-state index contributed by atoms with van der Waals surface area (Å²) in [6, 6.07) is 7.76. The minimum atomic E-state index is 0.0409. The fourth-order valence-corrected chi connectivity index (χ4v) is 2.08. The van der Waals surface area contributed by atoms with Gasteiger partial charge in [-0.1, -0.05) is 37.1 Å². The van der Waals surface area contributed by atoms with Gasteiger partial charge in [0.25, 0.3) is 0 Å². The van der Waals surface area contributed by atoms with Gasteiger partial charge in [-0.3, -0.25) is 0 Å². The Morgan fingerprint density at radius 3 is 2.44 bits per heavy atom. The molecule has 0 aliphatic carbocycles. The quantitative estimate of drug-likeness (QED) is 0.687. The maximum absolute atomic E-state index is 6.35. The summed E-state index contributed by atoms with van der Waals surface area (Å²) in [5.41, 5.74) is 1.13. The van der Waals surface area contributed by atoms with Crippen molar-refractivity contribution in [2.24, 2.45) is 0 Å². The molecule has 90 valence electrons. The molecule has 0 saturated carbocycles. The summed E-state index contributed by atoms with van der Waals surface area (Å²) in [5.74, 6) is 0. The topological polar surface area (TPSA) is 3.24 Å². The second-order valence-corrected chi connectivity index (χ2v) is 5.10. The minimum absolute atomic E-state index is 0.0409. The molecule has 1 atom stereocenters. The van der Waals surface area contributed by atoms with E-state index < -0.39 is 0 Å². The molecule has 1 aromatic rings. The molecule has 0 radical (unpaired) electrons. The number of alkyl halides is 1. The molecule has 0 aliphatic rings. The van der Waals surface area contributed by atoms with Gasteiger partial charge in [0.15, 0.2) is 0 Å². The molecule has 0 bridgehead atoms. The van der Waals surface area contributed by atoms with Crippen molar-refractivity contribution >= 4 is 23.2 Å². The predicted octanol–water partition coefficient (Wildman–Crippen LogP) is 4.35. The highest BCUT2D eigenvalue weighted by Crippen LogP contribution is 2.22. The van der Waals surface area contributed by atoms with Gasteiger partial charge in [0, 0.05) is 11.6 Å². The standard InChI is InChI=1S/C13H19Cl2N/c1-3-4-9-16(2)10-13(15)11-5-7-12(14)8-6-11/h5-8,13H,3-4,9-10H2,1-2H3. The van der Waals surface area contributed by atoms with E-state index in [4.69, 9.17) is 23.2 Å². The number of unbranched alkanes of at least 4 members (excludes halogenated alkanes) is 1. The van der Waals surface area contributed by atoms with Gasteiger partial charge in [0.1, 0.15) is 0 Å². The van der Waals surface area contributed by atoms with E-state index in [1.54, 1.807) is 0 Å². The lowest BCUT2D eigenvalue weighted by molar-refractivity contribution is 0.328. The lowest BCUT2D eigenvalue weighted by Gasteiger charge is -2.20. The van der Waals surface area contributed by atoms with E-state index in [2.05, 4.69) is 18.9 Å². The number of benzene rings is 1. The lowest BCUT2D eigenvalue weighted by Crippen LogP contribution is -2.23. The fourth-order valence-electron chi connectivity index (χ4n) is 1.57. The maximum Gasteiger partial charge on any atom is 0.0712 e. The zero-order valence-corrected chi connectivity index (χ0v) is 11.4. The first-order valence-electron chi connectivity index (χ1n) is 5.71. The molecule has 1 nitrogen and oxygen atoms in total. The number of hydrogen-bond donors (Lipinski definition) is 0. The van der Waals surface area contributed by atoms with Crippen LogP contribution < -0.4 is 0 Å². The number of hydrogen-bond acceptors (Lipinski definition) is 1. The van der Waals surface area contributed by atoms with Gasteiger partial charge < -0.3 is 4.90 Å². The second kappa shape index (κ2) is 7.16. The van der Waals surface area contributed by atoms with E-state index in [9.17, 15) is 0 Å². The molecule has 0 saturated heterocycles. The molecule has 0 fully saturated rings. The highest BCUT2D eigenvalue weighted by molar-refractivity contribution is 6.30. The summed E-state index contributed by atoms with van der Waals surface area (Å²) >= 11 is 12.2. The van der Waals surface area contributed by atoms with E-state index in [0.717, 1.165) is 23.7 Å². The van der Waals surface area contributed by atoms with E-state index in [0.29, 0.717) is 0 Å². The van der Waals surface area contributed by atoms with Crippen LogP contribution in [0.15, 0.2) is 24.3 Å². The van der Waals surface area contributed by atoms with Gasteiger partial charge >= 0.3 is 0 Å². The highest BCUT2D eigenvalue weighted by Gasteiger charge is 2.10. The summed E-state index contributed by atoms with van der Waals surface area (Å²) < 4.78 is 0. The maximum atomic E-state index is 6.35. The predicted molar refractivity (Wildman–Crippen MR) is 72.5 cm³/mol. The Morgan fingerprint density at radius 2 is 1.88 bits per heavy atom. The molecule has 1 aromatic carbocycles. The third kappa shape index (κ3) is 4.73. The Hall–Kier alpha value is -0.240. The Kier molecular flexibility index (Phi) is 6.18. The SMILES string of the molecule is CCCCN(C)CC(Cl)c1ccc(Cl)cc1. The third-order valence-electron chi connectivity index (χ3n) is 2.60. The van der Waals surface area contributed by atoms with Gasteiger partial charge in [0.2, 0.25) is 0 Å². The largest absolute Gasteiger partial charge is 0.305 e. The first kappa shape index (κ1) is 13.8. The third-order valence-corrected chi connectivity index (χ3v) is 3.24. The van der Waals surface area contributed by atoms with Gasteiger partial charge in [-0.25, -0.2) is 0 Å². The zero-order valence-electron chi connectivity index (χ0n) is 9.92. The Labute approximate surface area is 108 Å². The van der Waals surface area contributed by atoms with Crippen molar-refractivity contribution < 1.29 is 0 Å². The monoisotopic (exact) mass is 259 g/mol. The molecular formula is C13H19Cl2N. The highest BCUT2D eigenvalue weighted by atomic mass is 35.5. The van der Waals surface area contributed by atoms with Crippen LogP contribution in [0.4, 0.5) is 0 Å². The van der Waals surface area contributed by atoms with E-state index in [1.807, 2.05) is 24.3 Å². The minimum Gasteiger partial charge on any atom is -0.305 e. The van der Waals surface area contributed by atoms with Crippen molar-refractivity contribution in [3.8, 4) is 0 Å². The van der Waals surface area contributed by atoms with Crippen LogP contribution in [-0.4, -0.2) is 25.0 Å². The average molecular weight is 260 g/mol. The summed E-state index contributed by atoms with van der Waals surface area (Å²) in [6.07, 6.45) is 2.44. The Balaban J connectivity index is 2.45. The van der Waals surface area contributed by atoms with E-state index >= 15 is 0 Å². The van der Waals surface area contributed by atoms with Crippen LogP contribution in [0.2, 0.25) is 5.02 Å². The van der Waals surface area contributed by atoms with Crippen LogP contribution in [0.1, 0.15) is 30.7 Å². The molecule has 0 amide bonds. The molecule has 0 aromatic heterocycles. The normalized spacial score (nSPS) is 13.1.